The SMILES string of the molecule is CCOC(C)(CC)c1nc(Cl)c2c(n1)CSC2. The molecule has 0 bridgehead atoms. The van der Waals surface area contributed by atoms with E-state index >= 15 is 0 Å². The van der Waals surface area contributed by atoms with Crippen molar-refractivity contribution < 1.29 is 4.74 Å². The van der Waals surface area contributed by atoms with Gasteiger partial charge in [0.25, 0.3) is 0 Å². The van der Waals surface area contributed by atoms with Crippen molar-refractivity contribution in [2.45, 2.75) is 44.3 Å². The van der Waals surface area contributed by atoms with Crippen LogP contribution in [0, 0.1) is 0 Å². The monoisotopic (exact) mass is 272 g/mol. The lowest BCUT2D eigenvalue weighted by molar-refractivity contribution is -0.0391. The average Bonchev–Trinajstić information content (AvgIpc) is 2.78. The van der Waals surface area contributed by atoms with E-state index in [0.717, 1.165) is 29.2 Å². The number of thioether (sulfide) groups is 1. The highest BCUT2D eigenvalue weighted by atomic mass is 35.5. The van der Waals surface area contributed by atoms with Gasteiger partial charge in [0.05, 0.1) is 5.69 Å². The highest BCUT2D eigenvalue weighted by Crippen LogP contribution is 2.35. The van der Waals surface area contributed by atoms with Crippen LogP contribution in [0.25, 0.3) is 0 Å². The van der Waals surface area contributed by atoms with Gasteiger partial charge in [-0.1, -0.05) is 18.5 Å². The van der Waals surface area contributed by atoms with Gasteiger partial charge in [-0.3, -0.25) is 0 Å². The molecule has 1 aromatic rings. The Bertz CT molecular complexity index is 427. The van der Waals surface area contributed by atoms with Crippen LogP contribution in [0.1, 0.15) is 44.3 Å². The minimum absolute atomic E-state index is 0.430. The number of ether oxygens (including phenoxy) is 1. The summed E-state index contributed by atoms with van der Waals surface area (Å²) in [5.74, 6) is 2.57. The Hall–Kier alpha value is -0.320. The van der Waals surface area contributed by atoms with Crippen LogP contribution in [0.2, 0.25) is 5.15 Å². The van der Waals surface area contributed by atoms with Crippen LogP contribution in [0.5, 0.6) is 0 Å². The second-order valence-electron chi connectivity index (χ2n) is 4.27. The van der Waals surface area contributed by atoms with Gasteiger partial charge < -0.3 is 4.74 Å². The third kappa shape index (κ3) is 2.44. The van der Waals surface area contributed by atoms with Crippen molar-refractivity contribution in [1.29, 1.82) is 0 Å². The molecule has 0 aromatic carbocycles. The predicted molar refractivity (Wildman–Crippen MR) is 71.3 cm³/mol. The first-order valence-corrected chi connectivity index (χ1v) is 7.41. The molecular weight excluding hydrogens is 256 g/mol. The van der Waals surface area contributed by atoms with E-state index in [2.05, 4.69) is 16.9 Å². The zero-order valence-corrected chi connectivity index (χ0v) is 12.0. The van der Waals surface area contributed by atoms with Gasteiger partial charge in [-0.25, -0.2) is 9.97 Å². The molecule has 2 rings (SSSR count). The van der Waals surface area contributed by atoms with Crippen LogP contribution in [-0.2, 0) is 21.8 Å². The van der Waals surface area contributed by atoms with E-state index in [0.29, 0.717) is 17.6 Å². The van der Waals surface area contributed by atoms with Gasteiger partial charge in [-0.15, -0.1) is 0 Å². The third-order valence-corrected chi connectivity index (χ3v) is 4.42. The normalized spacial score (nSPS) is 17.9. The van der Waals surface area contributed by atoms with Gasteiger partial charge in [-0.2, -0.15) is 11.8 Å². The molecule has 0 fully saturated rings. The van der Waals surface area contributed by atoms with E-state index in [1.807, 2.05) is 25.6 Å². The molecular formula is C12H17ClN2OS. The fraction of sp³-hybridized carbons (Fsp3) is 0.667. The molecule has 1 atom stereocenters. The number of fused-ring (bicyclic) bond motifs is 1. The molecule has 0 saturated carbocycles. The van der Waals surface area contributed by atoms with Crippen molar-refractivity contribution in [2.24, 2.45) is 0 Å². The summed E-state index contributed by atoms with van der Waals surface area (Å²) in [6.07, 6.45) is 0.836. The molecule has 1 unspecified atom stereocenters. The fourth-order valence-corrected chi connectivity index (χ4v) is 3.27. The van der Waals surface area contributed by atoms with Crippen molar-refractivity contribution in [3.05, 3.63) is 22.2 Å². The Kier molecular flexibility index (Phi) is 3.95. The summed E-state index contributed by atoms with van der Waals surface area (Å²) >= 11 is 8.05. The van der Waals surface area contributed by atoms with E-state index in [1.54, 1.807) is 0 Å². The summed E-state index contributed by atoms with van der Waals surface area (Å²) in [5.41, 5.74) is 1.74. The van der Waals surface area contributed by atoms with Crippen LogP contribution in [0.3, 0.4) is 0 Å². The lowest BCUT2D eigenvalue weighted by Gasteiger charge is -2.27. The molecule has 3 nitrogen and oxygen atoms in total. The Balaban J connectivity index is 2.42. The van der Waals surface area contributed by atoms with E-state index in [-0.39, 0.29) is 0 Å². The lowest BCUT2D eigenvalue weighted by Crippen LogP contribution is -2.28. The van der Waals surface area contributed by atoms with Crippen molar-refractivity contribution in [2.75, 3.05) is 6.61 Å². The third-order valence-electron chi connectivity index (χ3n) is 3.14. The predicted octanol–water partition coefficient (Wildman–Crippen LogP) is 3.54. The molecule has 0 aliphatic carbocycles. The first kappa shape index (κ1) is 13.1. The molecule has 1 aromatic heterocycles. The Morgan fingerprint density at radius 2 is 2.12 bits per heavy atom. The van der Waals surface area contributed by atoms with Crippen LogP contribution in [-0.4, -0.2) is 16.6 Å². The topological polar surface area (TPSA) is 35.0 Å². The highest BCUT2D eigenvalue weighted by Gasteiger charge is 2.31. The molecule has 0 radical (unpaired) electrons. The van der Waals surface area contributed by atoms with E-state index in [1.165, 1.54) is 0 Å². The molecule has 0 N–H and O–H groups in total. The number of rotatable bonds is 4. The molecule has 17 heavy (non-hydrogen) atoms. The highest BCUT2D eigenvalue weighted by molar-refractivity contribution is 7.98. The van der Waals surface area contributed by atoms with Crippen molar-refractivity contribution in [3.8, 4) is 0 Å². The number of aromatic nitrogens is 2. The molecule has 1 aliphatic heterocycles. The van der Waals surface area contributed by atoms with Crippen LogP contribution in [0.4, 0.5) is 0 Å². The summed E-state index contributed by atoms with van der Waals surface area (Å²) in [4.78, 5) is 9.06. The summed E-state index contributed by atoms with van der Waals surface area (Å²) in [5, 5.41) is 0.592. The van der Waals surface area contributed by atoms with Crippen LogP contribution in [0.15, 0.2) is 0 Å². The maximum Gasteiger partial charge on any atom is 0.161 e. The first-order valence-electron chi connectivity index (χ1n) is 5.88. The Labute approximate surface area is 111 Å². The largest absolute Gasteiger partial charge is 0.368 e. The first-order chi connectivity index (χ1) is 8.10. The summed E-state index contributed by atoms with van der Waals surface area (Å²) < 4.78 is 5.79. The van der Waals surface area contributed by atoms with E-state index in [4.69, 9.17) is 16.3 Å². The molecule has 94 valence electrons. The Morgan fingerprint density at radius 3 is 2.76 bits per heavy atom. The minimum atomic E-state index is -0.430. The standard InChI is InChI=1S/C12H17ClN2OS/c1-4-12(3,16-5-2)11-14-9-7-17-6-8(9)10(13)15-11/h4-7H2,1-3H3. The van der Waals surface area contributed by atoms with Gasteiger partial charge in [0.15, 0.2) is 5.82 Å². The number of hydrogen-bond donors (Lipinski definition) is 0. The van der Waals surface area contributed by atoms with Crippen molar-refractivity contribution in [3.63, 3.8) is 0 Å². The van der Waals surface area contributed by atoms with E-state index in [9.17, 15) is 0 Å². The summed E-state index contributed by atoms with van der Waals surface area (Å²) in [7, 11) is 0. The van der Waals surface area contributed by atoms with Crippen LogP contribution >= 0.6 is 23.4 Å². The zero-order valence-electron chi connectivity index (χ0n) is 10.4. The van der Waals surface area contributed by atoms with Gasteiger partial charge >= 0.3 is 0 Å². The molecule has 0 amide bonds. The van der Waals surface area contributed by atoms with E-state index < -0.39 is 5.60 Å². The van der Waals surface area contributed by atoms with Crippen molar-refractivity contribution >= 4 is 23.4 Å². The number of hydrogen-bond acceptors (Lipinski definition) is 4. The molecule has 1 aliphatic rings. The molecule has 2 heterocycles. The average molecular weight is 273 g/mol. The maximum atomic E-state index is 6.22. The lowest BCUT2D eigenvalue weighted by atomic mass is 10.0. The second kappa shape index (κ2) is 5.12. The number of halogens is 1. The summed E-state index contributed by atoms with van der Waals surface area (Å²) in [6.45, 7) is 6.74. The summed E-state index contributed by atoms with van der Waals surface area (Å²) in [6, 6.07) is 0. The molecule has 0 saturated heterocycles. The second-order valence-corrected chi connectivity index (χ2v) is 5.62. The van der Waals surface area contributed by atoms with Gasteiger partial charge in [-0.05, 0) is 20.3 Å². The van der Waals surface area contributed by atoms with Crippen molar-refractivity contribution in [1.82, 2.24) is 9.97 Å². The van der Waals surface area contributed by atoms with Gasteiger partial charge in [0, 0.05) is 23.7 Å². The maximum absolute atomic E-state index is 6.22. The van der Waals surface area contributed by atoms with Gasteiger partial charge in [0.1, 0.15) is 10.8 Å². The number of nitrogens with zero attached hydrogens (tertiary/aromatic N) is 2. The fourth-order valence-electron chi connectivity index (χ4n) is 1.89. The zero-order chi connectivity index (χ0) is 12.5. The minimum Gasteiger partial charge on any atom is -0.368 e. The Morgan fingerprint density at radius 1 is 1.35 bits per heavy atom. The molecule has 0 spiro atoms. The smallest absolute Gasteiger partial charge is 0.161 e. The van der Waals surface area contributed by atoms with Crippen LogP contribution < -0.4 is 0 Å². The quantitative estimate of drug-likeness (QED) is 0.786. The van der Waals surface area contributed by atoms with Gasteiger partial charge in [0.2, 0.25) is 0 Å². The molecule has 5 heteroatoms.